The van der Waals surface area contributed by atoms with E-state index in [0.717, 1.165) is 0 Å². The fraction of sp³-hybridized carbons (Fsp3) is 0.417. The number of hydrogen-bond acceptors (Lipinski definition) is 4. The van der Waals surface area contributed by atoms with Crippen molar-refractivity contribution in [2.45, 2.75) is 18.9 Å². The summed E-state index contributed by atoms with van der Waals surface area (Å²) in [5, 5.41) is 9.43. The van der Waals surface area contributed by atoms with Crippen molar-refractivity contribution in [2.24, 2.45) is 0 Å². The molecule has 1 aromatic carbocycles. The van der Waals surface area contributed by atoms with E-state index < -0.39 is 12.1 Å². The molecule has 1 N–H and O–H groups in total. The highest BCUT2D eigenvalue weighted by atomic mass is 19.1. The van der Waals surface area contributed by atoms with Gasteiger partial charge < -0.3 is 14.6 Å². The lowest BCUT2D eigenvalue weighted by atomic mass is 10.2. The second kappa shape index (κ2) is 6.85. The molecule has 0 aliphatic rings. The van der Waals surface area contributed by atoms with Gasteiger partial charge in [-0.25, -0.2) is 4.39 Å². The predicted molar refractivity (Wildman–Crippen MR) is 59.2 cm³/mol. The largest absolute Gasteiger partial charge is 0.493 e. The minimum atomic E-state index is -0.809. The average molecular weight is 242 g/mol. The number of halogens is 1. The molecule has 0 aliphatic carbocycles. The molecular weight excluding hydrogens is 227 g/mol. The van der Waals surface area contributed by atoms with Crippen molar-refractivity contribution in [3.8, 4) is 5.75 Å². The predicted octanol–water partition coefficient (Wildman–Crippen LogP) is 1.52. The molecule has 1 aromatic rings. The number of ether oxygens (including phenoxy) is 2. The fourth-order valence-electron chi connectivity index (χ4n) is 1.25. The molecule has 1 rings (SSSR count). The highest BCUT2D eigenvalue weighted by Gasteiger charge is 2.10. The standard InChI is InChI=1S/C12H15FO4/c1-16-12(15)8-10(14)5-6-17-11-4-2-3-9(13)7-11/h2-4,7,10,14H,5-6,8H2,1H3/t10-/m1/s1. The number of hydrogen-bond donors (Lipinski definition) is 1. The van der Waals surface area contributed by atoms with Gasteiger partial charge in [0, 0.05) is 12.5 Å². The highest BCUT2D eigenvalue weighted by molar-refractivity contribution is 5.69. The number of esters is 1. The van der Waals surface area contributed by atoms with Crippen molar-refractivity contribution in [3.63, 3.8) is 0 Å². The molecule has 0 radical (unpaired) electrons. The minimum absolute atomic E-state index is 0.0665. The van der Waals surface area contributed by atoms with E-state index in [0.29, 0.717) is 5.75 Å². The zero-order valence-corrected chi connectivity index (χ0v) is 9.56. The van der Waals surface area contributed by atoms with E-state index in [1.165, 1.54) is 25.3 Å². The first-order valence-corrected chi connectivity index (χ1v) is 5.25. The molecule has 0 spiro atoms. The highest BCUT2D eigenvalue weighted by Crippen LogP contribution is 2.12. The monoisotopic (exact) mass is 242 g/mol. The summed E-state index contributed by atoms with van der Waals surface area (Å²) in [4.78, 5) is 10.8. The van der Waals surface area contributed by atoms with Gasteiger partial charge in [0.2, 0.25) is 0 Å². The lowest BCUT2D eigenvalue weighted by Gasteiger charge is -2.10. The van der Waals surface area contributed by atoms with E-state index in [1.807, 2.05) is 0 Å². The number of carbonyl (C=O) groups excluding carboxylic acids is 1. The maximum Gasteiger partial charge on any atom is 0.308 e. The molecule has 0 heterocycles. The van der Waals surface area contributed by atoms with E-state index in [1.54, 1.807) is 6.07 Å². The molecule has 0 aliphatic heterocycles. The van der Waals surface area contributed by atoms with Crippen molar-refractivity contribution in [1.29, 1.82) is 0 Å². The zero-order valence-electron chi connectivity index (χ0n) is 9.56. The summed E-state index contributed by atoms with van der Waals surface area (Å²) in [7, 11) is 1.26. The normalized spacial score (nSPS) is 11.9. The van der Waals surface area contributed by atoms with Crippen LogP contribution >= 0.6 is 0 Å². The molecule has 0 saturated carbocycles. The summed E-state index contributed by atoms with van der Waals surface area (Å²) >= 11 is 0. The van der Waals surface area contributed by atoms with Gasteiger partial charge in [-0.2, -0.15) is 0 Å². The third-order valence-electron chi connectivity index (χ3n) is 2.15. The van der Waals surface area contributed by atoms with Crippen molar-refractivity contribution in [3.05, 3.63) is 30.1 Å². The molecule has 0 unspecified atom stereocenters. The molecule has 0 saturated heterocycles. The molecule has 0 amide bonds. The Morgan fingerprint density at radius 3 is 2.94 bits per heavy atom. The van der Waals surface area contributed by atoms with Gasteiger partial charge in [0.05, 0.1) is 26.2 Å². The summed E-state index contributed by atoms with van der Waals surface area (Å²) in [6.07, 6.45) is -0.592. The Morgan fingerprint density at radius 2 is 2.29 bits per heavy atom. The van der Waals surface area contributed by atoms with Crippen molar-refractivity contribution < 1.29 is 23.8 Å². The Morgan fingerprint density at radius 1 is 1.53 bits per heavy atom. The van der Waals surface area contributed by atoms with Crippen molar-refractivity contribution in [1.82, 2.24) is 0 Å². The van der Waals surface area contributed by atoms with Gasteiger partial charge >= 0.3 is 5.97 Å². The fourth-order valence-corrected chi connectivity index (χ4v) is 1.25. The van der Waals surface area contributed by atoms with Gasteiger partial charge in [0.25, 0.3) is 0 Å². The number of aliphatic hydroxyl groups is 1. The Hall–Kier alpha value is -1.62. The van der Waals surface area contributed by atoms with Crippen LogP contribution in [0.3, 0.4) is 0 Å². The molecular formula is C12H15FO4. The van der Waals surface area contributed by atoms with Crippen molar-refractivity contribution in [2.75, 3.05) is 13.7 Å². The van der Waals surface area contributed by atoms with Crippen LogP contribution in [0.15, 0.2) is 24.3 Å². The Bertz CT molecular complexity index is 367. The van der Waals surface area contributed by atoms with Crippen LogP contribution in [0.5, 0.6) is 5.75 Å². The summed E-state index contributed by atoms with van der Waals surface area (Å²) in [5.41, 5.74) is 0. The number of rotatable bonds is 6. The number of methoxy groups -OCH3 is 1. The lowest BCUT2D eigenvalue weighted by molar-refractivity contribution is -0.142. The quantitative estimate of drug-likeness (QED) is 0.768. The molecule has 0 fully saturated rings. The van der Waals surface area contributed by atoms with Gasteiger partial charge in [-0.3, -0.25) is 4.79 Å². The number of aliphatic hydroxyl groups excluding tert-OH is 1. The maximum atomic E-state index is 12.8. The van der Waals surface area contributed by atoms with E-state index in [2.05, 4.69) is 4.74 Å². The van der Waals surface area contributed by atoms with Crippen LogP contribution in [0.1, 0.15) is 12.8 Å². The smallest absolute Gasteiger partial charge is 0.308 e. The SMILES string of the molecule is COC(=O)C[C@H](O)CCOc1cccc(F)c1. The Kier molecular flexibility index (Phi) is 5.42. The van der Waals surface area contributed by atoms with Crippen LogP contribution in [0, 0.1) is 5.82 Å². The first-order chi connectivity index (χ1) is 8.11. The Labute approximate surface area is 99.0 Å². The van der Waals surface area contributed by atoms with Crippen LogP contribution in [0.2, 0.25) is 0 Å². The van der Waals surface area contributed by atoms with E-state index in [9.17, 15) is 14.3 Å². The third kappa shape index (κ3) is 5.31. The molecule has 0 bridgehead atoms. The maximum absolute atomic E-state index is 12.8. The molecule has 1 atom stereocenters. The third-order valence-corrected chi connectivity index (χ3v) is 2.15. The van der Waals surface area contributed by atoms with Gasteiger partial charge in [0.15, 0.2) is 0 Å². The summed E-state index contributed by atoms with van der Waals surface area (Å²) in [6.45, 7) is 0.210. The van der Waals surface area contributed by atoms with E-state index in [4.69, 9.17) is 4.74 Å². The van der Waals surface area contributed by atoms with Crippen molar-refractivity contribution >= 4 is 5.97 Å². The summed E-state index contributed by atoms with van der Waals surface area (Å²) in [5.74, 6) is -0.448. The van der Waals surface area contributed by atoms with Gasteiger partial charge in [-0.05, 0) is 12.1 Å². The van der Waals surface area contributed by atoms with Crippen LogP contribution in [-0.2, 0) is 9.53 Å². The molecule has 0 aromatic heterocycles. The van der Waals surface area contributed by atoms with E-state index >= 15 is 0 Å². The van der Waals surface area contributed by atoms with Crippen LogP contribution in [0.4, 0.5) is 4.39 Å². The minimum Gasteiger partial charge on any atom is -0.493 e. The van der Waals surface area contributed by atoms with Crippen LogP contribution in [0.25, 0.3) is 0 Å². The summed E-state index contributed by atoms with van der Waals surface area (Å²) < 4.78 is 22.4. The topological polar surface area (TPSA) is 55.8 Å². The molecule has 4 nitrogen and oxygen atoms in total. The van der Waals surface area contributed by atoms with Gasteiger partial charge in [0.1, 0.15) is 11.6 Å². The molecule has 94 valence electrons. The first-order valence-electron chi connectivity index (χ1n) is 5.25. The molecule has 17 heavy (non-hydrogen) atoms. The second-order valence-corrected chi connectivity index (χ2v) is 3.53. The average Bonchev–Trinajstić information content (AvgIpc) is 2.29. The summed E-state index contributed by atoms with van der Waals surface area (Å²) in [6, 6.07) is 5.73. The first kappa shape index (κ1) is 13.4. The molecule has 5 heteroatoms. The zero-order chi connectivity index (χ0) is 12.7. The number of carbonyl (C=O) groups is 1. The van der Waals surface area contributed by atoms with Gasteiger partial charge in [-0.1, -0.05) is 6.07 Å². The number of benzene rings is 1. The van der Waals surface area contributed by atoms with Crippen LogP contribution < -0.4 is 4.74 Å². The van der Waals surface area contributed by atoms with Crippen LogP contribution in [-0.4, -0.2) is 30.9 Å². The van der Waals surface area contributed by atoms with Gasteiger partial charge in [-0.15, -0.1) is 0 Å². The second-order valence-electron chi connectivity index (χ2n) is 3.53. The van der Waals surface area contributed by atoms with E-state index in [-0.39, 0.29) is 25.3 Å². The lowest BCUT2D eigenvalue weighted by Crippen LogP contribution is -2.17. The Balaban J connectivity index is 2.25.